The monoisotopic (exact) mass is 1800 g/mol. The number of ether oxygens (including phenoxy) is 13. The molecule has 0 aromatic carbocycles. The second kappa shape index (κ2) is 36.2. The van der Waals surface area contributed by atoms with Crippen LogP contribution in [0.2, 0.25) is 0 Å². The second-order valence-corrected chi connectivity index (χ2v) is 37.1. The predicted molar refractivity (Wildman–Crippen MR) is 409 cm³/mol. The van der Waals surface area contributed by atoms with Crippen LogP contribution >= 0.6 is 29.1 Å². The highest BCUT2D eigenvalue weighted by Gasteiger charge is 2.70. The van der Waals surface area contributed by atoms with E-state index in [9.17, 15) is 62.8 Å². The van der Waals surface area contributed by atoms with Crippen LogP contribution in [0.4, 0.5) is 11.6 Å². The fourth-order valence-corrected chi connectivity index (χ4v) is 19.9. The fraction of sp³-hybridized carbons (Fsp3) is 0.672. The summed E-state index contributed by atoms with van der Waals surface area (Å²) in [7, 11) is -7.19. The number of hydrogen-bond donors (Lipinski definition) is 10. The summed E-state index contributed by atoms with van der Waals surface area (Å²) < 4.78 is 162. The normalized spacial score (nSPS) is 33.0. The first-order valence-corrected chi connectivity index (χ1v) is 45.0. The second-order valence-electron chi connectivity index (χ2n) is 28.7. The topological polar surface area (TPSA) is 624 Å². The summed E-state index contributed by atoms with van der Waals surface area (Å²) in [5.74, 6) is -0.144. The maximum absolute atomic E-state index is 15.2. The lowest BCUT2D eigenvalue weighted by atomic mass is 9.91. The lowest BCUT2D eigenvalue weighted by molar-refractivity contribution is -0.215. The standard InChI is InChI=1S/C64H90N14O35P4S2/c1-11-63-32(6)103-44(57(108-63)77-21-31(5)53(82)73-62(77)86)46(63)112-114(87,88)99-23-35-39(42(97-16-13-94-9)55(106-35)75-19-29(3)51(80)71-60(75)84)110-115(89,90)102-25-64-33(7)104-45(58(109-64)78-27-69-37-49(66)67-26-68-50(37)78)47(64)113-117(92,119)101-24-36-40(43(98-17-14-95-10)56(107-36)76-20-30(4)52(81)72-61(76)85)111-116(91,118)100-22-34-38(79)41(96-15-12-93-8)54(105-34)74-18-28(2)48(65)70-59(74)83/h18-21,26-27,32-36,38-47,54-58,79H,11-17,22-25H2,1-10H3,(H,87,88)(H,89,90)(H,91,118)(H,92,119)(H2,65,70,83)(H2,66,67,68)(H,71,80,84)(H,72,81,85)(H,73,82,86)/t32-,33-,34+,35+,36+,38-,39-,40-,41?,42?,43?,44?,45?,46+,47+,54+,55+,56+,57+,58+,63-,64-,116?,117?/m0/s1. The van der Waals surface area contributed by atoms with E-state index in [1.54, 1.807) is 20.8 Å². The van der Waals surface area contributed by atoms with Gasteiger partial charge < -0.3 is 107 Å². The van der Waals surface area contributed by atoms with Crippen LogP contribution in [0.3, 0.4) is 0 Å². The molecule has 49 nitrogen and oxygen atoms in total. The number of nitrogens with zero attached hydrogens (tertiary/aromatic N) is 9. The van der Waals surface area contributed by atoms with Crippen LogP contribution in [0.25, 0.3) is 11.2 Å². The van der Waals surface area contributed by atoms with E-state index in [0.29, 0.717) is 5.56 Å². The predicted octanol–water partition coefficient (Wildman–Crippen LogP) is -1.96. The molecular formula is C64H90N14O35P4S2. The third-order valence-electron chi connectivity index (χ3n) is 21.2. The summed E-state index contributed by atoms with van der Waals surface area (Å²) in [6.07, 6.45) is -23.2. The van der Waals surface area contributed by atoms with Crippen LogP contribution in [-0.2, 0) is 131 Å². The van der Waals surface area contributed by atoms with Crippen molar-refractivity contribution in [2.45, 2.75) is 189 Å². The van der Waals surface area contributed by atoms with E-state index < -0.39 is 229 Å². The minimum Gasteiger partial charge on any atom is -0.387 e. The number of H-pyrrole nitrogens is 3. The summed E-state index contributed by atoms with van der Waals surface area (Å²) in [5, 5.41) is 11.7. The zero-order valence-corrected chi connectivity index (χ0v) is 70.3. The molecule has 7 fully saturated rings. The number of methoxy groups -OCH3 is 3. The maximum Gasteiger partial charge on any atom is 0.472 e. The Hall–Kier alpha value is -6.21. The van der Waals surface area contributed by atoms with E-state index in [-0.39, 0.29) is 85.6 Å². The lowest BCUT2D eigenvalue weighted by Crippen LogP contribution is -2.50. The Morgan fingerprint density at radius 1 is 0.504 bits per heavy atom. The van der Waals surface area contributed by atoms with Gasteiger partial charge in [-0.1, -0.05) is 6.92 Å². The highest BCUT2D eigenvalue weighted by molar-refractivity contribution is 8.07. The van der Waals surface area contributed by atoms with Crippen LogP contribution in [0, 0.1) is 27.7 Å². The van der Waals surface area contributed by atoms with Crippen molar-refractivity contribution in [3.05, 3.63) is 133 Å². The van der Waals surface area contributed by atoms with E-state index in [2.05, 4.69) is 34.9 Å². The summed E-state index contributed by atoms with van der Waals surface area (Å²) >= 11 is 11.4. The van der Waals surface area contributed by atoms with Crippen molar-refractivity contribution in [2.75, 3.05) is 98.9 Å². The van der Waals surface area contributed by atoms with Gasteiger partial charge in [0.15, 0.2) is 42.6 Å². The van der Waals surface area contributed by atoms with E-state index in [0.717, 1.165) is 37.0 Å². The lowest BCUT2D eigenvalue weighted by Gasteiger charge is -2.37. The van der Waals surface area contributed by atoms with Crippen LogP contribution in [-0.4, -0.2) is 273 Å². The molecule has 658 valence electrons. The van der Waals surface area contributed by atoms with E-state index in [1.807, 2.05) is 0 Å². The minimum atomic E-state index is -5.81. The van der Waals surface area contributed by atoms with Gasteiger partial charge in [-0.3, -0.25) is 79.3 Å². The molecule has 7 aliphatic heterocycles. The maximum atomic E-state index is 15.2. The number of nitrogens with two attached hydrogens (primary N) is 2. The van der Waals surface area contributed by atoms with E-state index in [4.69, 9.17) is 133 Å². The van der Waals surface area contributed by atoms with Gasteiger partial charge in [0.2, 0.25) is 0 Å². The van der Waals surface area contributed by atoms with Gasteiger partial charge >= 0.3 is 51.8 Å². The Kier molecular flexibility index (Phi) is 27.5. The molecule has 26 atom stereocenters. The van der Waals surface area contributed by atoms with Crippen molar-refractivity contribution in [3.8, 4) is 0 Å². The SMILES string of the molecule is CC[C@]12O[C@@H](n3cc(C)c(=O)[nH]c3=O)C(O[C@H]1C)[C@H]2OP(=O)(O)OC[C@H]1O[C@@H](n2cc(C)c(=O)[nH]c2=O)C(OCCOC)[C@H]1OP(=O)(O)OC[C@]12O[C@@H](n3cnc4c(N)ncnc43)C(O[C@H]1C)[C@H]2OP(O)(=S)OC[C@H]1O[C@@H](n2cc(C)c(=O)[nH]c2=O)C(OCCOC)[C@H]1OP(O)(=S)OC[C@H]1O[C@@H](n2cc(C)c(N)nc2=O)C(OCCOC)[C@H]1O. The molecule has 12 N–H and O–H groups in total. The van der Waals surface area contributed by atoms with Gasteiger partial charge in [-0.05, 0) is 71.6 Å². The van der Waals surface area contributed by atoms with Crippen LogP contribution in [0.15, 0.2) is 71.0 Å². The first kappa shape index (κ1) is 90.5. The number of aliphatic hydroxyl groups is 1. The number of aliphatic hydroxyl groups excluding tert-OH is 1. The number of hydrogen-bond acceptors (Lipinski definition) is 39. The smallest absolute Gasteiger partial charge is 0.387 e. The van der Waals surface area contributed by atoms with Gasteiger partial charge in [0.05, 0.1) is 84.6 Å². The van der Waals surface area contributed by atoms with Crippen LogP contribution in [0.5, 0.6) is 0 Å². The summed E-state index contributed by atoms with van der Waals surface area (Å²) in [6, 6.07) is 0. The molecule has 55 heteroatoms. The number of phosphoric acid groups is 2. The third kappa shape index (κ3) is 18.5. The quantitative estimate of drug-likeness (QED) is 0.0149. The van der Waals surface area contributed by atoms with Crippen molar-refractivity contribution < 1.29 is 132 Å². The van der Waals surface area contributed by atoms with E-state index in [1.165, 1.54) is 72.3 Å². The number of phosphoric ester groups is 2. The molecule has 0 aliphatic carbocycles. The number of nitrogen functional groups attached to an aromatic ring is 2. The Morgan fingerprint density at radius 3 is 1.48 bits per heavy atom. The molecule has 6 aromatic rings. The molecule has 0 radical (unpaired) electrons. The largest absolute Gasteiger partial charge is 0.472 e. The van der Waals surface area contributed by atoms with Crippen LogP contribution in [0.1, 0.15) is 80.6 Å². The summed E-state index contributed by atoms with van der Waals surface area (Å²) in [5.41, 5.74) is 2.83. The number of anilines is 2. The summed E-state index contributed by atoms with van der Waals surface area (Å²) in [4.78, 5) is 164. The van der Waals surface area contributed by atoms with Gasteiger partial charge in [0, 0.05) is 68.4 Å². The van der Waals surface area contributed by atoms with Crippen molar-refractivity contribution in [1.82, 2.24) is 57.7 Å². The van der Waals surface area contributed by atoms with Crippen LogP contribution < -0.4 is 50.9 Å². The molecule has 9 unspecified atom stereocenters. The first-order chi connectivity index (χ1) is 56.3. The molecule has 0 saturated carbocycles. The average Bonchev–Trinajstić information content (AvgIpc) is 1.55. The first-order valence-electron chi connectivity index (χ1n) is 36.8. The molecule has 7 aliphatic rings. The number of fused-ring (bicyclic) bond motifs is 5. The van der Waals surface area contributed by atoms with Crippen molar-refractivity contribution >= 4 is 75.5 Å². The molecule has 7 saturated heterocycles. The molecule has 13 rings (SSSR count). The number of nitrogens with one attached hydrogen (secondary N) is 3. The van der Waals surface area contributed by atoms with Gasteiger partial charge in [-0.15, -0.1) is 0 Å². The Labute approximate surface area is 682 Å². The number of aromatic amines is 3. The highest BCUT2D eigenvalue weighted by atomic mass is 32.5. The van der Waals surface area contributed by atoms with Crippen molar-refractivity contribution in [3.63, 3.8) is 0 Å². The zero-order chi connectivity index (χ0) is 85.9. The Bertz CT molecular complexity index is 5370. The zero-order valence-electron chi connectivity index (χ0n) is 65.1. The van der Waals surface area contributed by atoms with Gasteiger partial charge in [-0.2, -0.15) is 4.98 Å². The molecule has 4 bridgehead atoms. The molecule has 119 heavy (non-hydrogen) atoms. The van der Waals surface area contributed by atoms with Gasteiger partial charge in [0.25, 0.3) is 16.7 Å². The Balaban J connectivity index is 0.788. The van der Waals surface area contributed by atoms with Gasteiger partial charge in [0.1, 0.15) is 108 Å². The highest BCUT2D eigenvalue weighted by Crippen LogP contribution is 2.62. The molecule has 0 spiro atoms. The summed E-state index contributed by atoms with van der Waals surface area (Å²) in [6.45, 7) is -4.09. The molecule has 0 amide bonds. The molecule has 6 aromatic heterocycles. The minimum absolute atomic E-state index is 0.00570. The van der Waals surface area contributed by atoms with E-state index >= 15 is 4.57 Å². The van der Waals surface area contributed by atoms with Crippen molar-refractivity contribution in [1.29, 1.82) is 0 Å². The van der Waals surface area contributed by atoms with Gasteiger partial charge in [-0.25, -0.2) is 43.3 Å². The van der Waals surface area contributed by atoms with Crippen molar-refractivity contribution in [2.24, 2.45) is 0 Å². The average molecular weight is 1800 g/mol. The Morgan fingerprint density at radius 2 is 0.941 bits per heavy atom. The number of imidazole rings is 1. The fourth-order valence-electron chi connectivity index (χ4n) is 15.1. The number of aryl methyl sites for hydroxylation is 4. The number of aromatic nitrogens is 12. The molecule has 13 heterocycles. The molecular weight excluding hydrogens is 1710 g/mol. The third-order valence-corrected chi connectivity index (χ3v) is 26.2. The number of rotatable bonds is 38.